The minimum absolute atomic E-state index is 0.140. The summed E-state index contributed by atoms with van der Waals surface area (Å²) in [6, 6.07) is 20.3. The fraction of sp³-hybridized carbons (Fsp3) is 0.333. The van der Waals surface area contributed by atoms with Gasteiger partial charge >= 0.3 is 0 Å². The number of hydrogen-bond acceptors (Lipinski definition) is 3. The van der Waals surface area contributed by atoms with Crippen LogP contribution in [0.3, 0.4) is 0 Å². The summed E-state index contributed by atoms with van der Waals surface area (Å²) >= 11 is 5.98. The fourth-order valence-corrected chi connectivity index (χ4v) is 4.08. The van der Waals surface area contributed by atoms with Gasteiger partial charge in [-0.2, -0.15) is 5.10 Å². The van der Waals surface area contributed by atoms with Crippen LogP contribution in [0.1, 0.15) is 31.2 Å². The Morgan fingerprint density at radius 1 is 1.17 bits per heavy atom. The number of carbonyl (C=O) groups excluding carboxylic acids is 1. The molecule has 4 rings (SSSR count). The molecule has 0 saturated carbocycles. The second-order valence-corrected chi connectivity index (χ2v) is 8.27. The van der Waals surface area contributed by atoms with Crippen LogP contribution in [0.5, 0.6) is 0 Å². The van der Waals surface area contributed by atoms with Crippen LogP contribution in [-0.4, -0.2) is 35.2 Å². The van der Waals surface area contributed by atoms with Crippen molar-refractivity contribution in [2.75, 3.05) is 18.0 Å². The number of nitrogens with zero attached hydrogens (tertiary/aromatic N) is 2. The van der Waals surface area contributed by atoms with Crippen LogP contribution >= 0.6 is 11.6 Å². The summed E-state index contributed by atoms with van der Waals surface area (Å²) in [5.41, 5.74) is 3.30. The molecular weight excluding hydrogens is 396 g/mol. The SMILES string of the molecule is O=C(CCCc1ccccc1)N[C@H]1CCCN(c2cc(-c3ccc(Cl)cc3)[nH]n2)C1. The smallest absolute Gasteiger partial charge is 0.220 e. The Kier molecular flexibility index (Phi) is 6.70. The molecule has 3 aromatic rings. The first-order valence-electron chi connectivity index (χ1n) is 10.6. The number of piperidine rings is 1. The third-order valence-electron chi connectivity index (χ3n) is 5.54. The van der Waals surface area contributed by atoms with Gasteiger partial charge in [0.15, 0.2) is 5.82 Å². The molecule has 1 aliphatic rings. The van der Waals surface area contributed by atoms with E-state index in [2.05, 4.69) is 38.6 Å². The fourth-order valence-electron chi connectivity index (χ4n) is 3.95. The summed E-state index contributed by atoms with van der Waals surface area (Å²) in [5.74, 6) is 1.06. The molecule has 0 bridgehead atoms. The van der Waals surface area contributed by atoms with Crippen molar-refractivity contribution >= 4 is 23.3 Å². The van der Waals surface area contributed by atoms with Gasteiger partial charge in [-0.05, 0) is 48.9 Å². The van der Waals surface area contributed by atoms with Crippen LogP contribution in [0.2, 0.25) is 5.02 Å². The van der Waals surface area contributed by atoms with Gasteiger partial charge < -0.3 is 10.2 Å². The van der Waals surface area contributed by atoms with Gasteiger partial charge in [0.25, 0.3) is 0 Å². The average Bonchev–Trinajstić information content (AvgIpc) is 3.26. The highest BCUT2D eigenvalue weighted by atomic mass is 35.5. The monoisotopic (exact) mass is 422 g/mol. The van der Waals surface area contributed by atoms with Gasteiger partial charge in [-0.25, -0.2) is 0 Å². The van der Waals surface area contributed by atoms with Crippen LogP contribution in [-0.2, 0) is 11.2 Å². The number of halogens is 1. The first-order valence-corrected chi connectivity index (χ1v) is 10.9. The van der Waals surface area contributed by atoms with E-state index in [4.69, 9.17) is 11.6 Å². The zero-order valence-corrected chi connectivity index (χ0v) is 17.7. The molecule has 1 saturated heterocycles. The van der Waals surface area contributed by atoms with Crippen LogP contribution < -0.4 is 10.2 Å². The van der Waals surface area contributed by atoms with Gasteiger partial charge in [-0.15, -0.1) is 0 Å². The molecule has 1 amide bonds. The number of carbonyl (C=O) groups is 1. The van der Waals surface area contributed by atoms with Crippen molar-refractivity contribution in [2.45, 2.75) is 38.1 Å². The number of hydrogen-bond donors (Lipinski definition) is 2. The van der Waals surface area contributed by atoms with E-state index in [1.807, 2.05) is 42.5 Å². The van der Waals surface area contributed by atoms with Gasteiger partial charge in [0.05, 0.1) is 5.69 Å². The lowest BCUT2D eigenvalue weighted by Gasteiger charge is -2.33. The third-order valence-corrected chi connectivity index (χ3v) is 5.79. The van der Waals surface area contributed by atoms with Crippen LogP contribution in [0.25, 0.3) is 11.3 Å². The summed E-state index contributed by atoms with van der Waals surface area (Å²) in [4.78, 5) is 14.6. The lowest BCUT2D eigenvalue weighted by atomic mass is 10.0. The molecule has 0 radical (unpaired) electrons. The van der Waals surface area contributed by atoms with Crippen LogP contribution in [0.15, 0.2) is 60.7 Å². The zero-order valence-electron chi connectivity index (χ0n) is 17.0. The zero-order chi connectivity index (χ0) is 20.8. The quantitative estimate of drug-likeness (QED) is 0.572. The normalized spacial score (nSPS) is 16.4. The molecule has 1 fully saturated rings. The maximum Gasteiger partial charge on any atom is 0.220 e. The number of rotatable bonds is 7. The number of H-pyrrole nitrogens is 1. The Hall–Kier alpha value is -2.79. The Labute approximate surface area is 182 Å². The van der Waals surface area contributed by atoms with Crippen molar-refractivity contribution in [3.8, 4) is 11.3 Å². The Morgan fingerprint density at radius 2 is 1.97 bits per heavy atom. The lowest BCUT2D eigenvalue weighted by Crippen LogP contribution is -2.48. The van der Waals surface area contributed by atoms with E-state index in [0.29, 0.717) is 6.42 Å². The Morgan fingerprint density at radius 3 is 2.77 bits per heavy atom. The largest absolute Gasteiger partial charge is 0.353 e. The number of anilines is 1. The predicted octanol–water partition coefficient (Wildman–Crippen LogP) is 4.84. The van der Waals surface area contributed by atoms with E-state index in [9.17, 15) is 4.79 Å². The third kappa shape index (κ3) is 5.42. The molecule has 1 aromatic heterocycles. The minimum Gasteiger partial charge on any atom is -0.353 e. The van der Waals surface area contributed by atoms with Crippen molar-refractivity contribution < 1.29 is 4.79 Å². The first kappa shape index (κ1) is 20.5. The molecule has 5 nitrogen and oxygen atoms in total. The first-order chi connectivity index (χ1) is 14.7. The summed E-state index contributed by atoms with van der Waals surface area (Å²) in [5, 5.41) is 11.5. The van der Waals surface area contributed by atoms with Gasteiger partial charge in [0.2, 0.25) is 5.91 Å². The molecular formula is C24H27ClN4O. The van der Waals surface area contributed by atoms with Crippen molar-refractivity contribution in [3.63, 3.8) is 0 Å². The summed E-state index contributed by atoms with van der Waals surface area (Å²) in [6.45, 7) is 1.74. The van der Waals surface area contributed by atoms with E-state index < -0.39 is 0 Å². The summed E-state index contributed by atoms with van der Waals surface area (Å²) in [7, 11) is 0. The maximum atomic E-state index is 12.4. The standard InChI is InChI=1S/C24H27ClN4O/c25-20-13-11-19(12-14-20)22-16-23(28-27-22)29-15-5-9-21(17-29)26-24(30)10-4-8-18-6-2-1-3-7-18/h1-3,6-7,11-14,16,21H,4-5,8-10,15,17H2,(H,26,30)(H,27,28)/t21-/m0/s1. The second-order valence-electron chi connectivity index (χ2n) is 7.84. The summed E-state index contributed by atoms with van der Waals surface area (Å²) < 4.78 is 0. The molecule has 0 aliphatic carbocycles. The lowest BCUT2D eigenvalue weighted by molar-refractivity contribution is -0.121. The highest BCUT2D eigenvalue weighted by Crippen LogP contribution is 2.25. The number of amides is 1. The molecule has 1 atom stereocenters. The van der Waals surface area contributed by atoms with Gasteiger partial charge in [-0.1, -0.05) is 54.1 Å². The molecule has 30 heavy (non-hydrogen) atoms. The predicted molar refractivity (Wildman–Crippen MR) is 122 cm³/mol. The van der Waals surface area contributed by atoms with Crippen LogP contribution in [0, 0.1) is 0 Å². The highest BCUT2D eigenvalue weighted by molar-refractivity contribution is 6.30. The number of aromatic amines is 1. The molecule has 156 valence electrons. The summed E-state index contributed by atoms with van der Waals surface area (Å²) in [6.07, 6.45) is 4.42. The Bertz CT molecular complexity index is 955. The second kappa shape index (κ2) is 9.81. The maximum absolute atomic E-state index is 12.4. The Balaban J connectivity index is 1.28. The average molecular weight is 423 g/mol. The van der Waals surface area contributed by atoms with E-state index in [-0.39, 0.29) is 11.9 Å². The van der Waals surface area contributed by atoms with E-state index in [1.165, 1.54) is 5.56 Å². The van der Waals surface area contributed by atoms with Crippen molar-refractivity contribution in [3.05, 3.63) is 71.2 Å². The molecule has 2 heterocycles. The minimum atomic E-state index is 0.140. The number of nitrogens with one attached hydrogen (secondary N) is 2. The van der Waals surface area contributed by atoms with Gasteiger partial charge in [-0.3, -0.25) is 9.89 Å². The molecule has 1 aliphatic heterocycles. The van der Waals surface area contributed by atoms with Crippen LogP contribution in [0.4, 0.5) is 5.82 Å². The van der Waals surface area contributed by atoms with Gasteiger partial charge in [0.1, 0.15) is 0 Å². The van der Waals surface area contributed by atoms with E-state index in [1.54, 1.807) is 0 Å². The highest BCUT2D eigenvalue weighted by Gasteiger charge is 2.23. The van der Waals surface area contributed by atoms with E-state index >= 15 is 0 Å². The number of aromatic nitrogens is 2. The van der Waals surface area contributed by atoms with E-state index in [0.717, 1.165) is 60.9 Å². The molecule has 2 N–H and O–H groups in total. The number of aryl methyl sites for hydroxylation is 1. The topological polar surface area (TPSA) is 61.0 Å². The number of benzene rings is 2. The molecule has 0 unspecified atom stereocenters. The van der Waals surface area contributed by atoms with Crippen molar-refractivity contribution in [1.29, 1.82) is 0 Å². The molecule has 0 spiro atoms. The van der Waals surface area contributed by atoms with Crippen molar-refractivity contribution in [2.24, 2.45) is 0 Å². The van der Waals surface area contributed by atoms with Crippen molar-refractivity contribution in [1.82, 2.24) is 15.5 Å². The molecule has 2 aromatic carbocycles. The molecule has 6 heteroatoms. The van der Waals surface area contributed by atoms with Gasteiger partial charge in [0, 0.05) is 36.6 Å².